The lowest BCUT2D eigenvalue weighted by Gasteiger charge is -2.15. The number of nitrogens with two attached hydrogens (primary N) is 1. The van der Waals surface area contributed by atoms with E-state index < -0.39 is 23.5 Å². The molecular weight excluding hydrogens is 232 g/mol. The number of aliphatic carboxylic acids is 1. The average Bonchev–Trinajstić information content (AvgIpc) is 2.72. The first-order valence-corrected chi connectivity index (χ1v) is 5.12. The standard InChI is InChI=1S/C11H11F2NO3/c12-7-3-8(13)9(6(4-14)11(15)16)10-5(7)1-2-17-10/h3,6H,1-2,4,14H2,(H,15,16). The van der Waals surface area contributed by atoms with Gasteiger partial charge in [0.25, 0.3) is 0 Å². The van der Waals surface area contributed by atoms with E-state index in [-0.39, 0.29) is 30.0 Å². The van der Waals surface area contributed by atoms with Crippen molar-refractivity contribution in [3.8, 4) is 5.75 Å². The van der Waals surface area contributed by atoms with E-state index in [0.717, 1.165) is 0 Å². The maximum Gasteiger partial charge on any atom is 0.312 e. The number of fused-ring (bicyclic) bond motifs is 1. The molecule has 3 N–H and O–H groups in total. The fraction of sp³-hybridized carbons (Fsp3) is 0.364. The summed E-state index contributed by atoms with van der Waals surface area (Å²) in [6.07, 6.45) is 0.311. The molecule has 4 nitrogen and oxygen atoms in total. The molecule has 92 valence electrons. The van der Waals surface area contributed by atoms with Gasteiger partial charge >= 0.3 is 5.97 Å². The summed E-state index contributed by atoms with van der Waals surface area (Å²) in [7, 11) is 0. The Morgan fingerprint density at radius 1 is 1.53 bits per heavy atom. The first-order valence-electron chi connectivity index (χ1n) is 5.12. The molecule has 17 heavy (non-hydrogen) atoms. The maximum atomic E-state index is 13.7. The second-order valence-electron chi connectivity index (χ2n) is 3.79. The number of carbonyl (C=O) groups is 1. The number of carboxylic acids is 1. The SMILES string of the molecule is NCC(C(=O)O)c1c(F)cc(F)c2c1OCC2. The summed E-state index contributed by atoms with van der Waals surface area (Å²) in [6, 6.07) is 0.689. The van der Waals surface area contributed by atoms with E-state index in [4.69, 9.17) is 15.6 Å². The lowest BCUT2D eigenvalue weighted by Crippen LogP contribution is -2.23. The van der Waals surface area contributed by atoms with Crippen LogP contribution in [0.15, 0.2) is 6.07 Å². The minimum absolute atomic E-state index is 0.000324. The van der Waals surface area contributed by atoms with E-state index in [0.29, 0.717) is 12.5 Å². The number of rotatable bonds is 3. The number of benzene rings is 1. The summed E-state index contributed by atoms with van der Waals surface area (Å²) in [5, 5.41) is 8.96. The van der Waals surface area contributed by atoms with Crippen LogP contribution in [0.2, 0.25) is 0 Å². The van der Waals surface area contributed by atoms with Crippen molar-refractivity contribution in [2.24, 2.45) is 5.73 Å². The van der Waals surface area contributed by atoms with E-state index in [1.54, 1.807) is 0 Å². The highest BCUT2D eigenvalue weighted by atomic mass is 19.1. The van der Waals surface area contributed by atoms with Crippen LogP contribution in [-0.2, 0) is 11.2 Å². The van der Waals surface area contributed by atoms with Gasteiger partial charge in [-0.3, -0.25) is 4.79 Å². The first-order chi connectivity index (χ1) is 8.06. The first kappa shape index (κ1) is 11.8. The van der Waals surface area contributed by atoms with E-state index in [1.807, 2.05) is 0 Å². The molecule has 0 aliphatic carbocycles. The van der Waals surface area contributed by atoms with Crippen molar-refractivity contribution in [1.82, 2.24) is 0 Å². The Morgan fingerprint density at radius 3 is 2.82 bits per heavy atom. The van der Waals surface area contributed by atoms with Crippen molar-refractivity contribution in [2.45, 2.75) is 12.3 Å². The molecule has 1 aromatic rings. The molecule has 1 heterocycles. The second-order valence-corrected chi connectivity index (χ2v) is 3.79. The molecule has 1 aromatic carbocycles. The van der Waals surface area contributed by atoms with Gasteiger partial charge in [0.2, 0.25) is 0 Å². The Morgan fingerprint density at radius 2 is 2.24 bits per heavy atom. The number of carboxylic acid groups (broad SMARTS) is 1. The van der Waals surface area contributed by atoms with Gasteiger partial charge in [-0.05, 0) is 0 Å². The number of ether oxygens (including phenoxy) is 1. The molecule has 0 spiro atoms. The predicted octanol–water partition coefficient (Wildman–Crippen LogP) is 1.03. The minimum atomic E-state index is -1.25. The molecule has 2 rings (SSSR count). The molecule has 0 amide bonds. The lowest BCUT2D eigenvalue weighted by atomic mass is 9.95. The Kier molecular flexibility index (Phi) is 2.97. The van der Waals surface area contributed by atoms with Crippen LogP contribution in [0, 0.1) is 11.6 Å². The summed E-state index contributed by atoms with van der Waals surface area (Å²) in [5.41, 5.74) is 5.37. The fourth-order valence-electron chi connectivity index (χ4n) is 1.98. The second kappa shape index (κ2) is 4.29. The van der Waals surface area contributed by atoms with E-state index >= 15 is 0 Å². The number of hydrogen-bond acceptors (Lipinski definition) is 3. The smallest absolute Gasteiger partial charge is 0.312 e. The van der Waals surface area contributed by atoms with E-state index in [2.05, 4.69) is 0 Å². The highest BCUT2D eigenvalue weighted by Gasteiger charge is 2.31. The van der Waals surface area contributed by atoms with Crippen molar-refractivity contribution in [3.63, 3.8) is 0 Å². The molecule has 1 unspecified atom stereocenters. The summed E-state index contributed by atoms with van der Waals surface area (Å²) >= 11 is 0. The molecule has 0 aromatic heterocycles. The van der Waals surface area contributed by atoms with Crippen LogP contribution in [0.4, 0.5) is 8.78 Å². The van der Waals surface area contributed by atoms with Gasteiger partial charge in [0.05, 0.1) is 6.61 Å². The van der Waals surface area contributed by atoms with Gasteiger partial charge < -0.3 is 15.6 Å². The molecule has 1 aliphatic rings. The van der Waals surface area contributed by atoms with Crippen LogP contribution in [0.5, 0.6) is 5.75 Å². The largest absolute Gasteiger partial charge is 0.492 e. The fourth-order valence-corrected chi connectivity index (χ4v) is 1.98. The third-order valence-corrected chi connectivity index (χ3v) is 2.80. The van der Waals surface area contributed by atoms with Gasteiger partial charge in [-0.15, -0.1) is 0 Å². The quantitative estimate of drug-likeness (QED) is 0.831. The maximum absolute atomic E-state index is 13.7. The van der Waals surface area contributed by atoms with Gasteiger partial charge in [0.15, 0.2) is 0 Å². The summed E-state index contributed by atoms with van der Waals surface area (Å²) in [5.74, 6) is -4.11. The molecule has 1 aliphatic heterocycles. The Hall–Kier alpha value is -1.69. The molecule has 6 heteroatoms. The molecule has 0 fully saturated rings. The molecular formula is C11H11F2NO3. The topological polar surface area (TPSA) is 72.6 Å². The van der Waals surface area contributed by atoms with E-state index in [9.17, 15) is 13.6 Å². The number of hydrogen-bond donors (Lipinski definition) is 2. The summed E-state index contributed by atoms with van der Waals surface area (Å²) < 4.78 is 32.2. The van der Waals surface area contributed by atoms with Crippen molar-refractivity contribution < 1.29 is 23.4 Å². The normalized spacial score (nSPS) is 15.2. The average molecular weight is 243 g/mol. The third kappa shape index (κ3) is 1.84. The zero-order valence-electron chi connectivity index (χ0n) is 8.87. The third-order valence-electron chi connectivity index (χ3n) is 2.80. The van der Waals surface area contributed by atoms with Crippen LogP contribution in [-0.4, -0.2) is 24.2 Å². The molecule has 0 radical (unpaired) electrons. The number of halogens is 2. The van der Waals surface area contributed by atoms with Crippen LogP contribution in [0.1, 0.15) is 17.0 Å². The van der Waals surface area contributed by atoms with Crippen molar-refractivity contribution in [1.29, 1.82) is 0 Å². The summed E-state index contributed by atoms with van der Waals surface area (Å²) in [4.78, 5) is 11.0. The predicted molar refractivity (Wildman–Crippen MR) is 55.0 cm³/mol. The Balaban J connectivity index is 2.61. The molecule has 1 atom stereocenters. The highest BCUT2D eigenvalue weighted by molar-refractivity contribution is 5.78. The Labute approximate surface area is 96.0 Å². The zero-order chi connectivity index (χ0) is 12.6. The summed E-state index contributed by atoms with van der Waals surface area (Å²) in [6.45, 7) is -0.0483. The Bertz CT molecular complexity index is 476. The highest BCUT2D eigenvalue weighted by Crippen LogP contribution is 2.37. The van der Waals surface area contributed by atoms with Crippen LogP contribution in [0.25, 0.3) is 0 Å². The van der Waals surface area contributed by atoms with Crippen LogP contribution in [0.3, 0.4) is 0 Å². The lowest BCUT2D eigenvalue weighted by molar-refractivity contribution is -0.138. The zero-order valence-corrected chi connectivity index (χ0v) is 8.87. The van der Waals surface area contributed by atoms with Crippen molar-refractivity contribution >= 4 is 5.97 Å². The van der Waals surface area contributed by atoms with E-state index in [1.165, 1.54) is 0 Å². The van der Waals surface area contributed by atoms with Gasteiger partial charge in [-0.2, -0.15) is 0 Å². The molecule has 0 saturated heterocycles. The van der Waals surface area contributed by atoms with Gasteiger partial charge in [-0.1, -0.05) is 0 Å². The van der Waals surface area contributed by atoms with Crippen LogP contribution < -0.4 is 10.5 Å². The van der Waals surface area contributed by atoms with Gasteiger partial charge in [-0.25, -0.2) is 8.78 Å². The minimum Gasteiger partial charge on any atom is -0.492 e. The van der Waals surface area contributed by atoms with Gasteiger partial charge in [0.1, 0.15) is 23.3 Å². The monoisotopic (exact) mass is 243 g/mol. The molecule has 0 saturated carbocycles. The van der Waals surface area contributed by atoms with Crippen molar-refractivity contribution in [2.75, 3.05) is 13.2 Å². The molecule has 0 bridgehead atoms. The van der Waals surface area contributed by atoms with Crippen molar-refractivity contribution in [3.05, 3.63) is 28.8 Å². The van der Waals surface area contributed by atoms with Gasteiger partial charge in [0, 0.05) is 30.2 Å². The van der Waals surface area contributed by atoms with Crippen LogP contribution >= 0.6 is 0 Å².